The minimum absolute atomic E-state index is 0.110. The molecule has 130 valence electrons. The molecule has 2 aromatic carbocycles. The van der Waals surface area contributed by atoms with E-state index in [2.05, 4.69) is 41.4 Å². The van der Waals surface area contributed by atoms with E-state index in [9.17, 15) is 4.79 Å². The van der Waals surface area contributed by atoms with E-state index in [4.69, 9.17) is 4.42 Å². The van der Waals surface area contributed by atoms with Gasteiger partial charge < -0.3 is 14.6 Å². The molecule has 0 bridgehead atoms. The number of hydrogen-bond donors (Lipinski definition) is 1. The van der Waals surface area contributed by atoms with Crippen LogP contribution in [0.3, 0.4) is 0 Å². The second-order valence-corrected chi connectivity index (χ2v) is 6.43. The Morgan fingerprint density at radius 2 is 1.84 bits per heavy atom. The zero-order valence-electron chi connectivity index (χ0n) is 15.0. The van der Waals surface area contributed by atoms with Crippen LogP contribution in [0.25, 0.3) is 11.0 Å². The molecule has 0 saturated heterocycles. The minimum Gasteiger partial charge on any atom is -0.451 e. The molecule has 0 aliphatic heterocycles. The molecule has 1 amide bonds. The number of hydrogen-bond acceptors (Lipinski definition) is 3. The number of rotatable bonds is 6. The van der Waals surface area contributed by atoms with Gasteiger partial charge in [0.1, 0.15) is 5.58 Å². The lowest BCUT2D eigenvalue weighted by Crippen LogP contribution is -2.34. The van der Waals surface area contributed by atoms with Gasteiger partial charge in [-0.25, -0.2) is 0 Å². The van der Waals surface area contributed by atoms with Crippen LogP contribution in [0.4, 0.5) is 0 Å². The first-order chi connectivity index (χ1) is 12.1. The summed E-state index contributed by atoms with van der Waals surface area (Å²) in [5, 5.41) is 3.93. The first-order valence-electron chi connectivity index (χ1n) is 8.60. The molecule has 0 aliphatic carbocycles. The number of nitrogens with zero attached hydrogens (tertiary/aromatic N) is 1. The van der Waals surface area contributed by atoms with Gasteiger partial charge in [-0.1, -0.05) is 49.4 Å². The SMILES string of the molecule is CCc1ccc(C(CNC(=O)c2cc3ccccc3o2)N(C)C)cc1. The maximum atomic E-state index is 12.4. The van der Waals surface area contributed by atoms with Gasteiger partial charge in [0.15, 0.2) is 5.76 Å². The molecular formula is C21H24N2O2. The van der Waals surface area contributed by atoms with Gasteiger partial charge in [0.25, 0.3) is 5.91 Å². The van der Waals surface area contributed by atoms with Crippen LogP contribution in [-0.2, 0) is 6.42 Å². The highest BCUT2D eigenvalue weighted by Gasteiger charge is 2.17. The summed E-state index contributed by atoms with van der Waals surface area (Å²) in [5.41, 5.74) is 3.23. The van der Waals surface area contributed by atoms with Crippen LogP contribution in [0.5, 0.6) is 0 Å². The fourth-order valence-corrected chi connectivity index (χ4v) is 2.94. The molecule has 0 radical (unpaired) electrons. The number of carbonyl (C=O) groups excluding carboxylic acids is 1. The summed E-state index contributed by atoms with van der Waals surface area (Å²) < 4.78 is 5.63. The average molecular weight is 336 g/mol. The Kier molecular flexibility index (Phi) is 5.19. The van der Waals surface area contributed by atoms with Crippen LogP contribution in [0, 0.1) is 0 Å². The van der Waals surface area contributed by atoms with E-state index in [1.165, 1.54) is 11.1 Å². The summed E-state index contributed by atoms with van der Waals surface area (Å²) in [7, 11) is 4.04. The number of nitrogens with one attached hydrogen (secondary N) is 1. The molecule has 1 atom stereocenters. The summed E-state index contributed by atoms with van der Waals surface area (Å²) in [5.74, 6) is 0.160. The van der Waals surface area contributed by atoms with E-state index in [1.54, 1.807) is 6.07 Å². The largest absolute Gasteiger partial charge is 0.451 e. The van der Waals surface area contributed by atoms with E-state index in [-0.39, 0.29) is 11.9 Å². The third-order valence-electron chi connectivity index (χ3n) is 4.50. The maximum Gasteiger partial charge on any atom is 0.287 e. The summed E-state index contributed by atoms with van der Waals surface area (Å²) >= 11 is 0. The molecule has 4 nitrogen and oxygen atoms in total. The highest BCUT2D eigenvalue weighted by atomic mass is 16.3. The Labute approximate surface area is 148 Å². The second kappa shape index (κ2) is 7.53. The third-order valence-corrected chi connectivity index (χ3v) is 4.50. The van der Waals surface area contributed by atoms with Crippen molar-refractivity contribution in [2.45, 2.75) is 19.4 Å². The number of amides is 1. The molecule has 0 aliphatic rings. The normalized spacial score (nSPS) is 12.5. The van der Waals surface area contributed by atoms with E-state index < -0.39 is 0 Å². The molecule has 1 aromatic heterocycles. The van der Waals surface area contributed by atoms with Crippen molar-refractivity contribution < 1.29 is 9.21 Å². The number of likely N-dealkylation sites (N-methyl/N-ethyl adjacent to an activating group) is 1. The molecule has 4 heteroatoms. The first-order valence-corrected chi connectivity index (χ1v) is 8.60. The summed E-state index contributed by atoms with van der Waals surface area (Å²) in [6.07, 6.45) is 1.02. The van der Waals surface area contributed by atoms with Gasteiger partial charge in [0.05, 0.1) is 6.04 Å². The zero-order chi connectivity index (χ0) is 17.8. The van der Waals surface area contributed by atoms with Crippen LogP contribution in [-0.4, -0.2) is 31.4 Å². The van der Waals surface area contributed by atoms with Gasteiger partial charge in [0, 0.05) is 11.9 Å². The molecule has 25 heavy (non-hydrogen) atoms. The highest BCUT2D eigenvalue weighted by molar-refractivity contribution is 5.96. The molecule has 0 spiro atoms. The van der Waals surface area contributed by atoms with E-state index in [0.29, 0.717) is 12.3 Å². The van der Waals surface area contributed by atoms with Crippen LogP contribution >= 0.6 is 0 Å². The predicted octanol–water partition coefficient (Wildman–Crippen LogP) is 4.03. The van der Waals surface area contributed by atoms with Crippen LogP contribution in [0.15, 0.2) is 59.0 Å². The molecule has 1 heterocycles. The van der Waals surface area contributed by atoms with Gasteiger partial charge in [-0.2, -0.15) is 0 Å². The number of furan rings is 1. The van der Waals surface area contributed by atoms with Gasteiger partial charge in [-0.15, -0.1) is 0 Å². The smallest absolute Gasteiger partial charge is 0.287 e. The fourth-order valence-electron chi connectivity index (χ4n) is 2.94. The van der Waals surface area contributed by atoms with Crippen molar-refractivity contribution in [3.8, 4) is 0 Å². The third kappa shape index (κ3) is 3.91. The Morgan fingerprint density at radius 3 is 2.48 bits per heavy atom. The average Bonchev–Trinajstić information content (AvgIpc) is 3.06. The van der Waals surface area contributed by atoms with E-state index in [1.807, 2.05) is 38.4 Å². The molecular weight excluding hydrogens is 312 g/mol. The summed E-state index contributed by atoms with van der Waals surface area (Å²) in [6.45, 7) is 2.67. The Hall–Kier alpha value is -2.59. The first kappa shape index (κ1) is 17.2. The standard InChI is InChI=1S/C21H24N2O2/c1-4-15-9-11-16(12-10-15)18(23(2)3)14-22-21(24)20-13-17-7-5-6-8-19(17)25-20/h5-13,18H,4,14H2,1-3H3,(H,22,24). The fraction of sp³-hybridized carbons (Fsp3) is 0.286. The topological polar surface area (TPSA) is 45.5 Å². The number of carbonyl (C=O) groups is 1. The maximum absolute atomic E-state index is 12.4. The summed E-state index contributed by atoms with van der Waals surface area (Å²) in [6, 6.07) is 18.1. The molecule has 1 N–H and O–H groups in total. The predicted molar refractivity (Wildman–Crippen MR) is 101 cm³/mol. The zero-order valence-corrected chi connectivity index (χ0v) is 15.0. The number of fused-ring (bicyclic) bond motifs is 1. The van der Waals surface area contributed by atoms with Crippen molar-refractivity contribution in [1.29, 1.82) is 0 Å². The molecule has 0 fully saturated rings. The lowest BCUT2D eigenvalue weighted by Gasteiger charge is -2.25. The minimum atomic E-state index is -0.187. The van der Waals surface area contributed by atoms with Crippen molar-refractivity contribution in [2.24, 2.45) is 0 Å². The second-order valence-electron chi connectivity index (χ2n) is 6.43. The quantitative estimate of drug-likeness (QED) is 0.739. The van der Waals surface area contributed by atoms with E-state index in [0.717, 1.165) is 17.4 Å². The monoisotopic (exact) mass is 336 g/mol. The molecule has 3 rings (SSSR count). The molecule has 1 unspecified atom stereocenters. The van der Waals surface area contributed by atoms with Crippen molar-refractivity contribution in [2.75, 3.05) is 20.6 Å². The highest BCUT2D eigenvalue weighted by Crippen LogP contribution is 2.20. The molecule has 3 aromatic rings. The lowest BCUT2D eigenvalue weighted by atomic mass is 10.0. The Bertz CT molecular complexity index is 817. The van der Waals surface area contributed by atoms with Crippen LogP contribution < -0.4 is 5.32 Å². The van der Waals surface area contributed by atoms with Crippen molar-refractivity contribution in [3.63, 3.8) is 0 Å². The van der Waals surface area contributed by atoms with Gasteiger partial charge >= 0.3 is 0 Å². The number of para-hydroxylation sites is 1. The van der Waals surface area contributed by atoms with Gasteiger partial charge in [-0.05, 0) is 43.8 Å². The van der Waals surface area contributed by atoms with Crippen molar-refractivity contribution in [3.05, 3.63) is 71.5 Å². The van der Waals surface area contributed by atoms with Crippen LogP contribution in [0.1, 0.15) is 34.6 Å². The lowest BCUT2D eigenvalue weighted by molar-refractivity contribution is 0.0916. The van der Waals surface area contributed by atoms with Crippen molar-refractivity contribution >= 4 is 16.9 Å². The van der Waals surface area contributed by atoms with E-state index >= 15 is 0 Å². The molecule has 0 saturated carbocycles. The Morgan fingerprint density at radius 1 is 1.12 bits per heavy atom. The van der Waals surface area contributed by atoms with Gasteiger partial charge in [-0.3, -0.25) is 4.79 Å². The van der Waals surface area contributed by atoms with Gasteiger partial charge in [0.2, 0.25) is 0 Å². The summed E-state index contributed by atoms with van der Waals surface area (Å²) in [4.78, 5) is 14.6. The Balaban J connectivity index is 1.71. The van der Waals surface area contributed by atoms with Crippen LogP contribution in [0.2, 0.25) is 0 Å². The number of benzene rings is 2. The number of aryl methyl sites for hydroxylation is 1. The van der Waals surface area contributed by atoms with Crippen molar-refractivity contribution in [1.82, 2.24) is 10.2 Å².